The lowest BCUT2D eigenvalue weighted by Gasteiger charge is -2.35. The van der Waals surface area contributed by atoms with Crippen molar-refractivity contribution in [2.24, 2.45) is 0 Å². The normalized spacial score (nSPS) is 12.6. The molecule has 0 aliphatic heterocycles. The van der Waals surface area contributed by atoms with E-state index < -0.39 is 12.8 Å². The van der Waals surface area contributed by atoms with E-state index in [1.165, 1.54) is 141 Å². The van der Waals surface area contributed by atoms with Gasteiger partial charge in [-0.3, -0.25) is 4.57 Å². The Bertz CT molecular complexity index is 861. The van der Waals surface area contributed by atoms with E-state index in [1.54, 1.807) is 0 Å². The van der Waals surface area contributed by atoms with Gasteiger partial charge in [-0.05, 0) is 69.8 Å². The van der Waals surface area contributed by atoms with Crippen LogP contribution in [0.25, 0.3) is 0 Å². The molecule has 0 unspecified atom stereocenters. The smallest absolute Gasteiger partial charge is 0.324 e. The third-order valence-electron chi connectivity index (χ3n) is 10.1. The second-order valence-electron chi connectivity index (χ2n) is 14.3. The maximum absolute atomic E-state index is 13.1. The number of hydrogen-bond acceptors (Lipinski definition) is 1. The van der Waals surface area contributed by atoms with Gasteiger partial charge in [-0.25, -0.2) is 0 Å². The van der Waals surface area contributed by atoms with Gasteiger partial charge in [0.2, 0.25) is 0 Å². The molecule has 0 amide bonds. The van der Waals surface area contributed by atoms with Gasteiger partial charge in [0.25, 0.3) is 0 Å². The molecule has 1 aromatic rings. The Morgan fingerprint density at radius 3 is 1.09 bits per heavy atom. The van der Waals surface area contributed by atoms with Crippen LogP contribution in [0.3, 0.4) is 0 Å². The lowest BCUT2D eigenvalue weighted by molar-refractivity contribution is 0.297. The summed E-state index contributed by atoms with van der Waals surface area (Å²) in [5.74, 6) is 0. The first-order valence-electron chi connectivity index (χ1n) is 20.4. The molecule has 0 radical (unpaired) electrons. The topological polar surface area (TPSA) is 57.5 Å². The van der Waals surface area contributed by atoms with Crippen molar-refractivity contribution in [1.29, 1.82) is 0 Å². The number of rotatable bonds is 34. The Kier molecular flexibility index (Phi) is 28.8. The summed E-state index contributed by atoms with van der Waals surface area (Å²) >= 11 is 0. The molecule has 0 spiro atoms. The maximum atomic E-state index is 13.1. The summed E-state index contributed by atoms with van der Waals surface area (Å²) in [6.07, 6.45) is 45.4. The van der Waals surface area contributed by atoms with Gasteiger partial charge in [-0.2, -0.15) is 0 Å². The van der Waals surface area contributed by atoms with Gasteiger partial charge in [-0.1, -0.05) is 197 Å². The zero-order valence-corrected chi connectivity index (χ0v) is 32.1. The molecular weight excluding hydrogens is 595 g/mol. The molecule has 0 aliphatic carbocycles. The number of benzene rings is 1. The van der Waals surface area contributed by atoms with Crippen LogP contribution in [-0.2, 0) is 9.72 Å². The predicted molar refractivity (Wildman–Crippen MR) is 208 cm³/mol. The van der Waals surface area contributed by atoms with Crippen LogP contribution in [0.5, 0.6) is 0 Å². The number of allylic oxidation sites excluding steroid dienone is 4. The lowest BCUT2D eigenvalue weighted by Crippen LogP contribution is -2.26. The Labute approximate surface area is 293 Å². The van der Waals surface area contributed by atoms with Gasteiger partial charge in [0.05, 0.1) is 5.16 Å². The highest BCUT2D eigenvalue weighted by Gasteiger charge is 2.46. The van der Waals surface area contributed by atoms with Crippen molar-refractivity contribution in [2.45, 2.75) is 212 Å². The zero-order valence-electron chi connectivity index (χ0n) is 31.2. The van der Waals surface area contributed by atoms with E-state index in [0.717, 1.165) is 44.1 Å². The van der Waals surface area contributed by atoms with Gasteiger partial charge in [-0.15, -0.1) is 0 Å². The molecule has 272 valence electrons. The van der Waals surface area contributed by atoms with E-state index in [1.807, 2.05) is 30.3 Å². The summed E-state index contributed by atoms with van der Waals surface area (Å²) in [7, 11) is -4.32. The molecular formula is C43H77O3P. The molecule has 0 fully saturated rings. The van der Waals surface area contributed by atoms with Gasteiger partial charge < -0.3 is 9.79 Å². The third kappa shape index (κ3) is 23.0. The average Bonchev–Trinajstić information content (AvgIpc) is 3.06. The largest absolute Gasteiger partial charge is 0.335 e. The fourth-order valence-corrected chi connectivity index (χ4v) is 8.34. The van der Waals surface area contributed by atoms with Crippen molar-refractivity contribution in [3.8, 4) is 0 Å². The molecule has 47 heavy (non-hydrogen) atoms. The van der Waals surface area contributed by atoms with E-state index in [2.05, 4.69) is 38.2 Å². The molecule has 0 saturated carbocycles. The monoisotopic (exact) mass is 673 g/mol. The number of hydrogen-bond donors (Lipinski definition) is 2. The van der Waals surface area contributed by atoms with Crippen LogP contribution in [0.15, 0.2) is 54.6 Å². The molecule has 0 aromatic heterocycles. The minimum absolute atomic E-state index is 0.577. The molecule has 0 atom stereocenters. The van der Waals surface area contributed by atoms with Crippen LogP contribution in [0, 0.1) is 0 Å². The molecule has 1 rings (SSSR count). The number of unbranched alkanes of at least 4 members (excludes halogenated alkanes) is 24. The molecule has 0 heterocycles. The summed E-state index contributed by atoms with van der Waals surface area (Å²) in [5, 5.41) is -1.05. The van der Waals surface area contributed by atoms with E-state index in [4.69, 9.17) is 0 Å². The first-order chi connectivity index (χ1) is 23.0. The van der Waals surface area contributed by atoms with E-state index >= 15 is 0 Å². The Morgan fingerprint density at radius 1 is 0.468 bits per heavy atom. The summed E-state index contributed by atoms with van der Waals surface area (Å²) in [6.45, 7) is 4.54. The third-order valence-corrected chi connectivity index (χ3v) is 11.9. The van der Waals surface area contributed by atoms with Crippen molar-refractivity contribution >= 4 is 7.60 Å². The Hall–Kier alpha value is -1.15. The zero-order chi connectivity index (χ0) is 34.2. The minimum Gasteiger partial charge on any atom is -0.324 e. The molecule has 0 aliphatic rings. The quantitative estimate of drug-likeness (QED) is 0.0435. The second kappa shape index (κ2) is 30.9. The first kappa shape index (κ1) is 43.9. The molecule has 2 N–H and O–H groups in total. The van der Waals surface area contributed by atoms with Gasteiger partial charge >= 0.3 is 7.60 Å². The Morgan fingerprint density at radius 2 is 0.766 bits per heavy atom. The summed E-state index contributed by atoms with van der Waals surface area (Å²) in [6, 6.07) is 9.70. The van der Waals surface area contributed by atoms with E-state index in [-0.39, 0.29) is 0 Å². The molecule has 4 heteroatoms. The summed E-state index contributed by atoms with van der Waals surface area (Å²) in [4.78, 5) is 21.5. The lowest BCUT2D eigenvalue weighted by atomic mass is 9.87. The van der Waals surface area contributed by atoms with Crippen molar-refractivity contribution < 1.29 is 14.4 Å². The van der Waals surface area contributed by atoms with Gasteiger partial charge in [0.1, 0.15) is 0 Å². The van der Waals surface area contributed by atoms with Crippen molar-refractivity contribution in [1.82, 2.24) is 0 Å². The van der Waals surface area contributed by atoms with Crippen LogP contribution in [0.2, 0.25) is 0 Å². The van der Waals surface area contributed by atoms with Crippen LogP contribution >= 0.6 is 7.60 Å². The highest BCUT2D eigenvalue weighted by atomic mass is 31.2. The van der Waals surface area contributed by atoms with Crippen LogP contribution < -0.4 is 0 Å². The summed E-state index contributed by atoms with van der Waals surface area (Å²) in [5.41, 5.74) is 0.828. The van der Waals surface area contributed by atoms with Crippen LogP contribution in [0.1, 0.15) is 212 Å². The average molecular weight is 673 g/mol. The molecule has 0 saturated heterocycles. The fraction of sp³-hybridized carbons (Fsp3) is 0.767. The second-order valence-corrected chi connectivity index (χ2v) is 16.3. The molecule has 0 bridgehead atoms. The fourth-order valence-electron chi connectivity index (χ4n) is 6.95. The van der Waals surface area contributed by atoms with Crippen molar-refractivity contribution in [3.63, 3.8) is 0 Å². The maximum Gasteiger partial charge on any atom is 0.335 e. The Balaban J connectivity index is 2.30. The standard InChI is InChI=1S/C43H77O3P/c1-3-5-7-9-11-13-15-17-19-21-23-25-27-29-31-36-40-43(47(44,45)46,42-38-34-33-35-39-42)41-37-32-30-28-26-24-22-20-18-16-14-12-10-8-6-4-2/h17-20,33-35,38-39H,3-16,21-32,36-37,40-41H2,1-2H3,(H2,44,45,46)/b19-17-,20-18-. The van der Waals surface area contributed by atoms with Crippen LogP contribution in [0.4, 0.5) is 0 Å². The van der Waals surface area contributed by atoms with Gasteiger partial charge in [0, 0.05) is 0 Å². The van der Waals surface area contributed by atoms with Crippen LogP contribution in [-0.4, -0.2) is 9.79 Å². The van der Waals surface area contributed by atoms with Crippen molar-refractivity contribution in [2.75, 3.05) is 0 Å². The van der Waals surface area contributed by atoms with Gasteiger partial charge in [0.15, 0.2) is 0 Å². The van der Waals surface area contributed by atoms with E-state index in [0.29, 0.717) is 12.8 Å². The SMILES string of the molecule is CCCCCCCC/C=C\CCCCCCCCC(CCCCCCCC/C=C\CCCCCCCC)(c1ccccc1)P(=O)(O)O. The van der Waals surface area contributed by atoms with E-state index in [9.17, 15) is 14.4 Å². The summed E-state index contributed by atoms with van der Waals surface area (Å²) < 4.78 is 13.1. The molecule has 3 nitrogen and oxygen atoms in total. The first-order valence-corrected chi connectivity index (χ1v) is 22.0. The highest BCUT2D eigenvalue weighted by molar-refractivity contribution is 7.53. The highest BCUT2D eigenvalue weighted by Crippen LogP contribution is 2.62. The predicted octanol–water partition coefficient (Wildman–Crippen LogP) is 14.9. The van der Waals surface area contributed by atoms with Crippen molar-refractivity contribution in [3.05, 3.63) is 60.2 Å². The minimum atomic E-state index is -4.32. The molecule has 1 aromatic carbocycles.